The summed E-state index contributed by atoms with van der Waals surface area (Å²) in [6, 6.07) is 9.13. The number of carbonyl (C=O) groups is 1. The molecule has 0 radical (unpaired) electrons. The number of urea groups is 1. The fourth-order valence-electron chi connectivity index (χ4n) is 5.10. The number of aromatic nitrogens is 2. The number of rotatable bonds is 6. The van der Waals surface area contributed by atoms with Crippen molar-refractivity contribution < 1.29 is 32.9 Å². The van der Waals surface area contributed by atoms with Gasteiger partial charge in [-0.3, -0.25) is 4.90 Å². The molecule has 200 valence electrons. The number of anilines is 2. The van der Waals surface area contributed by atoms with E-state index in [1.165, 1.54) is 11.0 Å². The Hall–Kier alpha value is -3.90. The van der Waals surface area contributed by atoms with Gasteiger partial charge in [0.15, 0.2) is 5.82 Å². The van der Waals surface area contributed by atoms with Crippen molar-refractivity contribution in [3.8, 4) is 17.1 Å². The molecule has 1 fully saturated rings. The molecule has 1 aromatic carbocycles. The molecule has 2 aromatic heterocycles. The quantitative estimate of drug-likeness (QED) is 0.447. The first kappa shape index (κ1) is 25.7. The Kier molecular flexibility index (Phi) is 6.61. The lowest BCUT2D eigenvalue weighted by Gasteiger charge is -2.36. The largest absolute Gasteiger partial charge is 0.475 e. The van der Waals surface area contributed by atoms with E-state index in [0.717, 1.165) is 17.7 Å². The summed E-state index contributed by atoms with van der Waals surface area (Å²) in [6.45, 7) is 1.70. The summed E-state index contributed by atoms with van der Waals surface area (Å²) in [4.78, 5) is 24.9. The van der Waals surface area contributed by atoms with Crippen LogP contribution in [0.5, 0.6) is 5.88 Å². The normalized spacial score (nSPS) is 19.3. The molecule has 1 saturated heterocycles. The second-order valence-electron chi connectivity index (χ2n) is 9.42. The monoisotopic (exact) mass is 529 g/mol. The minimum atomic E-state index is -4.50. The van der Waals surface area contributed by atoms with Crippen LogP contribution in [0.15, 0.2) is 48.7 Å². The van der Waals surface area contributed by atoms with Crippen LogP contribution in [0.2, 0.25) is 0 Å². The van der Waals surface area contributed by atoms with Crippen molar-refractivity contribution in [2.45, 2.75) is 37.7 Å². The number of nitrogens with zero attached hydrogens (tertiary/aromatic N) is 4. The topological polar surface area (TPSA) is 125 Å². The lowest BCUT2D eigenvalue weighted by molar-refractivity contribution is -0.137. The van der Waals surface area contributed by atoms with E-state index in [2.05, 4.69) is 14.9 Å². The van der Waals surface area contributed by atoms with Gasteiger partial charge >= 0.3 is 12.2 Å². The van der Waals surface area contributed by atoms with Gasteiger partial charge in [0, 0.05) is 24.4 Å². The molecule has 5 rings (SSSR count). The third-order valence-corrected chi connectivity index (χ3v) is 6.83. The molecule has 3 atom stereocenters. The first-order valence-corrected chi connectivity index (χ1v) is 12.0. The van der Waals surface area contributed by atoms with Gasteiger partial charge in [0.2, 0.25) is 5.88 Å². The first-order valence-electron chi connectivity index (χ1n) is 12.0. The molecule has 2 aliphatic rings. The highest BCUT2D eigenvalue weighted by Crippen LogP contribution is 2.48. The third-order valence-electron chi connectivity index (χ3n) is 6.83. The summed E-state index contributed by atoms with van der Waals surface area (Å²) < 4.78 is 45.5. The van der Waals surface area contributed by atoms with Crippen LogP contribution in [-0.2, 0) is 6.18 Å². The lowest BCUT2D eigenvalue weighted by Crippen LogP contribution is -2.49. The van der Waals surface area contributed by atoms with Crippen LogP contribution in [0, 0.1) is 6.92 Å². The highest BCUT2D eigenvalue weighted by molar-refractivity contribution is 5.96. The van der Waals surface area contributed by atoms with Gasteiger partial charge in [-0.05, 0) is 48.7 Å². The van der Waals surface area contributed by atoms with Gasteiger partial charge in [-0.2, -0.15) is 13.2 Å². The Morgan fingerprint density at radius 2 is 2.05 bits per heavy atom. The Labute approximate surface area is 216 Å². The minimum Gasteiger partial charge on any atom is -0.475 e. The van der Waals surface area contributed by atoms with E-state index < -0.39 is 30.5 Å². The van der Waals surface area contributed by atoms with E-state index in [0.29, 0.717) is 35.7 Å². The number of pyridine rings is 2. The Balaban J connectivity index is 1.53. The number of aliphatic hydroxyl groups is 2. The summed E-state index contributed by atoms with van der Waals surface area (Å²) >= 11 is 0. The smallest absolute Gasteiger partial charge is 0.416 e. The van der Waals surface area contributed by atoms with E-state index >= 15 is 0 Å². The molecule has 2 aliphatic heterocycles. The minimum absolute atomic E-state index is 0.121. The van der Waals surface area contributed by atoms with Gasteiger partial charge in [0.1, 0.15) is 12.7 Å². The second-order valence-corrected chi connectivity index (χ2v) is 9.42. The SMILES string of the molecule is Cc1cc2c(nc1-c1cccc(C(F)(F)F)c1)N(C(N)=O)C1CC(c3ccnc(OC[C@@H](O)CO)c3)N2C1. The number of amides is 2. The first-order chi connectivity index (χ1) is 18.1. The van der Waals surface area contributed by atoms with Gasteiger partial charge < -0.3 is 25.6 Å². The number of carbonyl (C=O) groups excluding carboxylic acids is 1. The van der Waals surface area contributed by atoms with Crippen molar-refractivity contribution in [2.24, 2.45) is 5.73 Å². The fraction of sp³-hybridized carbons (Fsp3) is 0.346. The molecule has 3 aromatic rings. The molecule has 2 bridgehead atoms. The van der Waals surface area contributed by atoms with Crippen molar-refractivity contribution >= 4 is 17.5 Å². The molecule has 2 unspecified atom stereocenters. The van der Waals surface area contributed by atoms with Crippen LogP contribution in [0.1, 0.15) is 29.2 Å². The molecule has 4 N–H and O–H groups in total. The van der Waals surface area contributed by atoms with Crippen molar-refractivity contribution in [1.29, 1.82) is 0 Å². The third kappa shape index (κ3) is 4.72. The fourth-order valence-corrected chi connectivity index (χ4v) is 5.10. The number of hydrogen-bond donors (Lipinski definition) is 3. The van der Waals surface area contributed by atoms with Crippen LogP contribution in [0.3, 0.4) is 0 Å². The average molecular weight is 530 g/mol. The predicted octanol–water partition coefficient (Wildman–Crippen LogP) is 3.42. The average Bonchev–Trinajstić information content (AvgIpc) is 3.27. The van der Waals surface area contributed by atoms with Crippen molar-refractivity contribution in [3.05, 3.63) is 65.4 Å². The molecule has 12 heteroatoms. The maximum Gasteiger partial charge on any atom is 0.416 e. The number of hydrogen-bond acceptors (Lipinski definition) is 7. The van der Waals surface area contributed by atoms with E-state index in [4.69, 9.17) is 15.6 Å². The standard InChI is InChI=1S/C26H26F3N5O4/c1-14-7-21-24(32-23(14)16-3-2-4-17(8-16)26(27,28)29)34(25(30)37)18-10-20(33(21)11-18)15-5-6-31-22(9-15)38-13-19(36)12-35/h2-9,18-20,35-36H,10-13H2,1H3,(H2,30,37)/t18?,19-,20?/m0/s1. The molecular weight excluding hydrogens is 503 g/mol. The van der Waals surface area contributed by atoms with Crippen LogP contribution >= 0.6 is 0 Å². The van der Waals surface area contributed by atoms with Gasteiger partial charge in [0.05, 0.1) is 35.6 Å². The number of nitrogens with two attached hydrogens (primary N) is 1. The molecular formula is C26H26F3N5O4. The number of benzene rings is 1. The highest BCUT2D eigenvalue weighted by atomic mass is 19.4. The number of halogens is 3. The zero-order chi connectivity index (χ0) is 27.2. The zero-order valence-electron chi connectivity index (χ0n) is 20.4. The number of primary amides is 1. The van der Waals surface area contributed by atoms with Crippen LogP contribution < -0.4 is 20.3 Å². The van der Waals surface area contributed by atoms with E-state index in [9.17, 15) is 23.1 Å². The van der Waals surface area contributed by atoms with E-state index in [-0.39, 0.29) is 30.1 Å². The summed E-state index contributed by atoms with van der Waals surface area (Å²) in [5.74, 6) is 0.574. The molecule has 0 saturated carbocycles. The van der Waals surface area contributed by atoms with Crippen LogP contribution in [-0.4, -0.2) is 58.1 Å². The Morgan fingerprint density at radius 1 is 1.26 bits per heavy atom. The number of aryl methyl sites for hydroxylation is 1. The van der Waals surface area contributed by atoms with Crippen molar-refractivity contribution in [3.63, 3.8) is 0 Å². The summed E-state index contributed by atoms with van der Waals surface area (Å²) in [5.41, 5.74) is 7.75. The number of fused-ring (bicyclic) bond motifs is 4. The predicted molar refractivity (Wildman–Crippen MR) is 133 cm³/mol. The maximum absolute atomic E-state index is 13.3. The molecule has 0 aliphatic carbocycles. The summed E-state index contributed by atoms with van der Waals surface area (Å²) in [5, 5.41) is 18.6. The van der Waals surface area contributed by atoms with Gasteiger partial charge in [-0.15, -0.1) is 0 Å². The lowest BCUT2D eigenvalue weighted by atomic mass is 10.0. The zero-order valence-corrected chi connectivity index (χ0v) is 20.4. The maximum atomic E-state index is 13.3. The van der Waals surface area contributed by atoms with Crippen LogP contribution in [0.25, 0.3) is 11.3 Å². The van der Waals surface area contributed by atoms with Gasteiger partial charge in [-0.25, -0.2) is 14.8 Å². The van der Waals surface area contributed by atoms with Gasteiger partial charge in [0.25, 0.3) is 0 Å². The van der Waals surface area contributed by atoms with Crippen molar-refractivity contribution in [2.75, 3.05) is 29.6 Å². The molecule has 2 amide bonds. The van der Waals surface area contributed by atoms with Crippen LogP contribution in [0.4, 0.5) is 29.5 Å². The molecule has 0 spiro atoms. The number of ether oxygens (including phenoxy) is 1. The number of alkyl halides is 3. The Morgan fingerprint density at radius 3 is 2.76 bits per heavy atom. The van der Waals surface area contributed by atoms with E-state index in [1.807, 2.05) is 12.1 Å². The molecule has 9 nitrogen and oxygen atoms in total. The van der Waals surface area contributed by atoms with E-state index in [1.54, 1.807) is 25.3 Å². The van der Waals surface area contributed by atoms with Crippen molar-refractivity contribution in [1.82, 2.24) is 9.97 Å². The summed E-state index contributed by atoms with van der Waals surface area (Å²) in [7, 11) is 0. The highest BCUT2D eigenvalue weighted by Gasteiger charge is 2.45. The number of aliphatic hydroxyl groups excluding tert-OH is 2. The molecule has 4 heterocycles. The molecule has 38 heavy (non-hydrogen) atoms. The van der Waals surface area contributed by atoms with Gasteiger partial charge in [-0.1, -0.05) is 12.1 Å². The Bertz CT molecular complexity index is 1370. The summed E-state index contributed by atoms with van der Waals surface area (Å²) in [6.07, 6.45) is -3.43. The second kappa shape index (κ2) is 9.76.